The predicted octanol–water partition coefficient (Wildman–Crippen LogP) is 2.55. The van der Waals surface area contributed by atoms with Gasteiger partial charge in [-0.25, -0.2) is 9.97 Å². The van der Waals surface area contributed by atoms with Gasteiger partial charge in [-0.15, -0.1) is 0 Å². The van der Waals surface area contributed by atoms with Crippen LogP contribution in [0.3, 0.4) is 0 Å². The molecule has 24 heavy (non-hydrogen) atoms. The summed E-state index contributed by atoms with van der Waals surface area (Å²) in [5, 5.41) is 3.21. The van der Waals surface area contributed by atoms with Crippen molar-refractivity contribution in [2.75, 3.05) is 29.0 Å². The van der Waals surface area contributed by atoms with E-state index in [0.717, 1.165) is 31.6 Å². The zero-order valence-electron chi connectivity index (χ0n) is 12.8. The molecule has 1 aliphatic heterocycles. The van der Waals surface area contributed by atoms with Crippen LogP contribution in [0.2, 0.25) is 0 Å². The van der Waals surface area contributed by atoms with Gasteiger partial charge in [0.2, 0.25) is 5.95 Å². The molecule has 2 aromatic heterocycles. The van der Waals surface area contributed by atoms with Crippen molar-refractivity contribution in [2.45, 2.75) is 25.1 Å². The fraction of sp³-hybridized carbons (Fsp3) is 0.400. The third kappa shape index (κ3) is 3.84. The van der Waals surface area contributed by atoms with Crippen LogP contribution < -0.4 is 16.0 Å². The van der Waals surface area contributed by atoms with Crippen LogP contribution in [0.5, 0.6) is 0 Å². The first-order valence-electron chi connectivity index (χ1n) is 7.55. The van der Waals surface area contributed by atoms with Crippen LogP contribution in [-0.4, -0.2) is 34.1 Å². The maximum atomic E-state index is 12.6. The van der Waals surface area contributed by atoms with Gasteiger partial charge in [-0.3, -0.25) is 0 Å². The normalized spacial score (nSPS) is 18.5. The number of nitrogens with two attached hydrogens (primary N) is 1. The molecule has 0 radical (unpaired) electrons. The molecule has 0 saturated carbocycles. The van der Waals surface area contributed by atoms with Gasteiger partial charge in [-0.1, -0.05) is 0 Å². The van der Waals surface area contributed by atoms with Gasteiger partial charge >= 0.3 is 6.18 Å². The summed E-state index contributed by atoms with van der Waals surface area (Å²) in [5.41, 5.74) is 4.88. The summed E-state index contributed by atoms with van der Waals surface area (Å²) in [6, 6.07) is 4.14. The van der Waals surface area contributed by atoms with E-state index in [0.29, 0.717) is 24.1 Å². The number of aromatic nitrogens is 3. The number of nitrogen functional groups attached to an aromatic ring is 1. The summed E-state index contributed by atoms with van der Waals surface area (Å²) < 4.78 is 37.8. The van der Waals surface area contributed by atoms with E-state index in [1.807, 2.05) is 4.90 Å². The van der Waals surface area contributed by atoms with Crippen molar-refractivity contribution < 1.29 is 13.2 Å². The first kappa shape index (κ1) is 16.3. The Labute approximate surface area is 136 Å². The molecule has 2 aromatic rings. The summed E-state index contributed by atoms with van der Waals surface area (Å²) in [5.74, 6) is 1.36. The van der Waals surface area contributed by atoms with Gasteiger partial charge in [0.25, 0.3) is 0 Å². The van der Waals surface area contributed by atoms with Crippen molar-refractivity contribution in [3.05, 3.63) is 36.2 Å². The number of anilines is 3. The summed E-state index contributed by atoms with van der Waals surface area (Å²) in [6.45, 7) is 1.35. The number of nitrogens with zero attached hydrogens (tertiary/aromatic N) is 4. The van der Waals surface area contributed by atoms with Crippen LogP contribution >= 0.6 is 0 Å². The lowest BCUT2D eigenvalue weighted by molar-refractivity contribution is -0.137. The molecule has 9 heteroatoms. The Morgan fingerprint density at radius 2 is 2.04 bits per heavy atom. The number of hydrogen-bond donors (Lipinski definition) is 2. The molecule has 0 bridgehead atoms. The van der Waals surface area contributed by atoms with E-state index in [-0.39, 0.29) is 6.04 Å². The van der Waals surface area contributed by atoms with Gasteiger partial charge in [0.15, 0.2) is 0 Å². The SMILES string of the molecule is Nc1ccnc(NC2CCCN(c3ccc(C(F)(F)F)cn3)C2)n1. The monoisotopic (exact) mass is 338 g/mol. The van der Waals surface area contributed by atoms with Gasteiger partial charge in [0.1, 0.15) is 11.6 Å². The van der Waals surface area contributed by atoms with Gasteiger partial charge in [0, 0.05) is 31.5 Å². The van der Waals surface area contributed by atoms with Crippen molar-refractivity contribution in [1.29, 1.82) is 0 Å². The summed E-state index contributed by atoms with van der Waals surface area (Å²) >= 11 is 0. The second kappa shape index (κ2) is 6.50. The molecule has 1 atom stereocenters. The third-order valence-electron chi connectivity index (χ3n) is 3.83. The summed E-state index contributed by atoms with van der Waals surface area (Å²) in [6.07, 6.45) is -0.129. The highest BCUT2D eigenvalue weighted by molar-refractivity contribution is 5.42. The van der Waals surface area contributed by atoms with E-state index in [9.17, 15) is 13.2 Å². The standard InChI is InChI=1S/C15H17F3N6/c16-15(17,18)10-3-4-13(21-8-10)24-7-1-2-11(9-24)22-14-20-6-5-12(19)23-14/h3-6,8,11H,1-2,7,9H2,(H3,19,20,22,23). The first-order chi connectivity index (χ1) is 11.4. The second-order valence-electron chi connectivity index (χ2n) is 5.64. The fourth-order valence-electron chi connectivity index (χ4n) is 2.67. The van der Waals surface area contributed by atoms with Crippen molar-refractivity contribution in [2.24, 2.45) is 0 Å². The average molecular weight is 338 g/mol. The molecule has 3 rings (SSSR count). The van der Waals surface area contributed by atoms with Gasteiger partial charge < -0.3 is 16.0 Å². The van der Waals surface area contributed by atoms with Crippen molar-refractivity contribution in [3.63, 3.8) is 0 Å². The molecule has 0 spiro atoms. The van der Waals surface area contributed by atoms with Crippen LogP contribution in [0.4, 0.5) is 30.8 Å². The molecule has 3 heterocycles. The maximum Gasteiger partial charge on any atom is 0.417 e. The van der Waals surface area contributed by atoms with Crippen molar-refractivity contribution >= 4 is 17.6 Å². The topological polar surface area (TPSA) is 80.0 Å². The average Bonchev–Trinajstić information content (AvgIpc) is 2.54. The van der Waals surface area contributed by atoms with E-state index in [1.54, 1.807) is 12.3 Å². The minimum Gasteiger partial charge on any atom is -0.384 e. The van der Waals surface area contributed by atoms with Crippen molar-refractivity contribution in [1.82, 2.24) is 15.0 Å². The molecule has 3 N–H and O–H groups in total. The number of nitrogens with one attached hydrogen (secondary N) is 1. The molecule has 0 aliphatic carbocycles. The fourth-order valence-corrected chi connectivity index (χ4v) is 2.67. The number of pyridine rings is 1. The van der Waals surface area contributed by atoms with Crippen molar-refractivity contribution in [3.8, 4) is 0 Å². The molecule has 128 valence electrons. The Hall–Kier alpha value is -2.58. The quantitative estimate of drug-likeness (QED) is 0.895. The predicted molar refractivity (Wildman–Crippen MR) is 84.5 cm³/mol. The minimum absolute atomic E-state index is 0.0737. The Balaban J connectivity index is 1.67. The number of piperidine rings is 1. The lowest BCUT2D eigenvalue weighted by Gasteiger charge is -2.34. The lowest BCUT2D eigenvalue weighted by Crippen LogP contribution is -2.42. The largest absolute Gasteiger partial charge is 0.417 e. The molecular formula is C15H17F3N6. The van der Waals surface area contributed by atoms with Crippen LogP contribution in [0, 0.1) is 0 Å². The molecular weight excluding hydrogens is 321 g/mol. The first-order valence-corrected chi connectivity index (χ1v) is 7.55. The molecule has 1 aliphatic rings. The zero-order valence-corrected chi connectivity index (χ0v) is 12.8. The van der Waals surface area contributed by atoms with Crippen LogP contribution in [0.1, 0.15) is 18.4 Å². The maximum absolute atomic E-state index is 12.6. The number of hydrogen-bond acceptors (Lipinski definition) is 6. The third-order valence-corrected chi connectivity index (χ3v) is 3.83. The molecule has 0 amide bonds. The van der Waals surface area contributed by atoms with Gasteiger partial charge in [-0.05, 0) is 31.0 Å². The highest BCUT2D eigenvalue weighted by atomic mass is 19.4. The highest BCUT2D eigenvalue weighted by Crippen LogP contribution is 2.29. The van der Waals surface area contributed by atoms with Gasteiger partial charge in [0.05, 0.1) is 5.56 Å². The van der Waals surface area contributed by atoms with Crippen LogP contribution in [-0.2, 0) is 6.18 Å². The van der Waals surface area contributed by atoms with Gasteiger partial charge in [-0.2, -0.15) is 18.2 Å². The second-order valence-corrected chi connectivity index (χ2v) is 5.64. The Morgan fingerprint density at radius 3 is 2.71 bits per heavy atom. The van der Waals surface area contributed by atoms with E-state index < -0.39 is 11.7 Å². The lowest BCUT2D eigenvalue weighted by atomic mass is 10.1. The summed E-state index contributed by atoms with van der Waals surface area (Å²) in [4.78, 5) is 14.1. The number of rotatable bonds is 3. The molecule has 1 fully saturated rings. The van der Waals surface area contributed by atoms with E-state index in [1.165, 1.54) is 6.07 Å². The highest BCUT2D eigenvalue weighted by Gasteiger charge is 2.31. The smallest absolute Gasteiger partial charge is 0.384 e. The van der Waals surface area contributed by atoms with E-state index in [4.69, 9.17) is 5.73 Å². The molecule has 1 saturated heterocycles. The van der Waals surface area contributed by atoms with E-state index >= 15 is 0 Å². The summed E-state index contributed by atoms with van der Waals surface area (Å²) in [7, 11) is 0. The van der Waals surface area contributed by atoms with Crippen LogP contribution in [0.15, 0.2) is 30.6 Å². The zero-order chi connectivity index (χ0) is 17.2. The minimum atomic E-state index is -4.37. The molecule has 1 unspecified atom stereocenters. The molecule has 0 aromatic carbocycles. The Kier molecular flexibility index (Phi) is 4.41. The van der Waals surface area contributed by atoms with E-state index in [2.05, 4.69) is 20.3 Å². The number of halogens is 3. The molecule has 6 nitrogen and oxygen atoms in total. The Bertz CT molecular complexity index is 688. The number of alkyl halides is 3. The van der Waals surface area contributed by atoms with Crippen LogP contribution in [0.25, 0.3) is 0 Å². The Morgan fingerprint density at radius 1 is 1.21 bits per heavy atom.